The topological polar surface area (TPSA) is 92.2 Å². The zero-order valence-electron chi connectivity index (χ0n) is 21.3. The van der Waals surface area contributed by atoms with Crippen LogP contribution in [-0.2, 0) is 17.6 Å². The molecule has 1 aromatic heterocycles. The molecule has 2 N–H and O–H groups in total. The summed E-state index contributed by atoms with van der Waals surface area (Å²) in [5.74, 6) is -1.78. The summed E-state index contributed by atoms with van der Waals surface area (Å²) in [6.45, 7) is 1.69. The van der Waals surface area contributed by atoms with Gasteiger partial charge in [0.15, 0.2) is 0 Å². The molecule has 0 spiro atoms. The number of carboxylic acid groups (broad SMARTS) is 1. The fourth-order valence-corrected chi connectivity index (χ4v) is 5.09. The molecule has 1 amide bonds. The van der Waals surface area contributed by atoms with E-state index in [1.165, 1.54) is 23.3 Å². The van der Waals surface area contributed by atoms with Gasteiger partial charge in [-0.2, -0.15) is 0 Å². The highest BCUT2D eigenvalue weighted by Crippen LogP contribution is 2.30. The van der Waals surface area contributed by atoms with E-state index in [0.29, 0.717) is 47.2 Å². The van der Waals surface area contributed by atoms with Crippen molar-refractivity contribution in [3.05, 3.63) is 94.9 Å². The lowest BCUT2D eigenvalue weighted by atomic mass is 9.87. The van der Waals surface area contributed by atoms with Crippen molar-refractivity contribution in [2.45, 2.75) is 51.5 Å². The number of rotatable bonds is 8. The van der Waals surface area contributed by atoms with Crippen LogP contribution in [0.2, 0.25) is 0 Å². The number of aryl methyl sites for hydroxylation is 2. The molecule has 1 aliphatic carbocycles. The molecule has 0 radical (unpaired) electrons. The number of hydrogen-bond acceptors (Lipinski definition) is 4. The Morgan fingerprint density at radius 2 is 1.84 bits per heavy atom. The van der Waals surface area contributed by atoms with E-state index in [1.807, 2.05) is 12.1 Å². The first kappa shape index (κ1) is 25.5. The van der Waals surface area contributed by atoms with Crippen LogP contribution in [0.5, 0.6) is 0 Å². The van der Waals surface area contributed by atoms with E-state index in [2.05, 4.69) is 17.4 Å². The molecule has 0 saturated carbocycles. The summed E-state index contributed by atoms with van der Waals surface area (Å²) in [4.78, 5) is 34.2. The smallest absolute Gasteiger partial charge is 0.306 e. The molecule has 5 rings (SSSR count). The normalized spacial score (nSPS) is 15.6. The second-order valence-electron chi connectivity index (χ2n) is 9.98. The second-order valence-corrected chi connectivity index (χ2v) is 9.98. The van der Waals surface area contributed by atoms with Gasteiger partial charge in [0.05, 0.1) is 34.4 Å². The molecular formula is C31H30FN3O3. The van der Waals surface area contributed by atoms with E-state index in [-0.39, 0.29) is 17.8 Å². The molecule has 38 heavy (non-hydrogen) atoms. The molecule has 0 saturated heterocycles. The molecule has 194 valence electrons. The van der Waals surface area contributed by atoms with Gasteiger partial charge in [0.2, 0.25) is 0 Å². The van der Waals surface area contributed by atoms with Crippen molar-refractivity contribution in [1.29, 1.82) is 0 Å². The minimum atomic E-state index is -0.829. The Labute approximate surface area is 221 Å². The van der Waals surface area contributed by atoms with Crippen molar-refractivity contribution in [1.82, 2.24) is 15.3 Å². The quantitative estimate of drug-likeness (QED) is 0.290. The maximum absolute atomic E-state index is 13.6. The number of benzene rings is 3. The minimum absolute atomic E-state index is 0.0260. The van der Waals surface area contributed by atoms with Gasteiger partial charge in [0.25, 0.3) is 5.91 Å². The third-order valence-corrected chi connectivity index (χ3v) is 7.26. The monoisotopic (exact) mass is 511 g/mol. The number of nitrogens with zero attached hydrogens (tertiary/aromatic N) is 2. The maximum atomic E-state index is 13.6. The first-order chi connectivity index (χ1) is 18.4. The van der Waals surface area contributed by atoms with E-state index in [1.54, 1.807) is 37.3 Å². The Kier molecular flexibility index (Phi) is 7.45. The number of fused-ring (bicyclic) bond motifs is 2. The summed E-state index contributed by atoms with van der Waals surface area (Å²) in [6, 6.07) is 19.6. The van der Waals surface area contributed by atoms with Gasteiger partial charge in [-0.3, -0.25) is 9.59 Å². The summed E-state index contributed by atoms with van der Waals surface area (Å²) >= 11 is 0. The average molecular weight is 512 g/mol. The molecule has 0 bridgehead atoms. The Hall–Kier alpha value is -4.13. The number of amides is 1. The Morgan fingerprint density at radius 3 is 2.63 bits per heavy atom. The molecule has 0 aliphatic heterocycles. The van der Waals surface area contributed by atoms with Crippen LogP contribution in [0.1, 0.15) is 65.8 Å². The molecule has 0 fully saturated rings. The third kappa shape index (κ3) is 5.57. The average Bonchev–Trinajstić information content (AvgIpc) is 2.93. The number of aromatic nitrogens is 2. The summed E-state index contributed by atoms with van der Waals surface area (Å²) < 4.78 is 13.6. The highest BCUT2D eigenvalue weighted by atomic mass is 19.1. The first-order valence-corrected chi connectivity index (χ1v) is 13.1. The molecule has 1 heterocycles. The molecule has 6 nitrogen and oxygen atoms in total. The van der Waals surface area contributed by atoms with Crippen LogP contribution in [0.15, 0.2) is 66.7 Å². The van der Waals surface area contributed by atoms with Gasteiger partial charge < -0.3 is 10.4 Å². The van der Waals surface area contributed by atoms with E-state index in [9.17, 15) is 19.1 Å². The van der Waals surface area contributed by atoms with E-state index in [4.69, 9.17) is 9.97 Å². The molecule has 1 unspecified atom stereocenters. The highest BCUT2D eigenvalue weighted by Gasteiger charge is 2.22. The van der Waals surface area contributed by atoms with Crippen LogP contribution in [0, 0.1) is 11.7 Å². The van der Waals surface area contributed by atoms with Gasteiger partial charge in [-0.05, 0) is 92.1 Å². The SMILES string of the molecule is CC(CCCc1nc2cc(C(=O)N[C@@H]3CCCc4ccccc43)ccc2nc1-c1ccc(F)cc1)C(=O)O. The fraction of sp³-hybridized carbons (Fsp3) is 0.290. The van der Waals surface area contributed by atoms with Crippen LogP contribution in [0.3, 0.4) is 0 Å². The van der Waals surface area contributed by atoms with Crippen molar-refractivity contribution in [3.8, 4) is 11.3 Å². The van der Waals surface area contributed by atoms with E-state index < -0.39 is 11.9 Å². The molecule has 1 aliphatic rings. The number of aliphatic carboxylic acids is 1. The van der Waals surface area contributed by atoms with Gasteiger partial charge in [-0.25, -0.2) is 14.4 Å². The lowest BCUT2D eigenvalue weighted by Crippen LogP contribution is -2.31. The number of halogens is 1. The van der Waals surface area contributed by atoms with Crippen LogP contribution < -0.4 is 5.32 Å². The zero-order valence-corrected chi connectivity index (χ0v) is 21.3. The number of hydrogen-bond donors (Lipinski definition) is 2. The summed E-state index contributed by atoms with van der Waals surface area (Å²) in [7, 11) is 0. The standard InChI is InChI=1S/C31H30FN3O3/c1-19(31(37)38)6-4-11-27-29(21-12-15-23(32)16-13-21)34-26-17-14-22(18-28(26)33-27)30(36)35-25-10-5-8-20-7-2-3-9-24(20)25/h2-3,7,9,12-19,25H,4-6,8,10-11H2,1H3,(H,35,36)(H,37,38)/t19?,25-/m1/s1. The highest BCUT2D eigenvalue weighted by molar-refractivity contribution is 5.97. The summed E-state index contributed by atoms with van der Waals surface area (Å²) in [5.41, 5.74) is 6.25. The largest absolute Gasteiger partial charge is 0.481 e. The summed E-state index contributed by atoms with van der Waals surface area (Å²) in [5, 5.41) is 12.4. The van der Waals surface area contributed by atoms with Crippen LogP contribution in [-0.4, -0.2) is 27.0 Å². The van der Waals surface area contributed by atoms with Gasteiger partial charge in [0.1, 0.15) is 5.82 Å². The molecule has 3 aromatic carbocycles. The van der Waals surface area contributed by atoms with Crippen molar-refractivity contribution in [3.63, 3.8) is 0 Å². The maximum Gasteiger partial charge on any atom is 0.306 e. The fourth-order valence-electron chi connectivity index (χ4n) is 5.09. The van der Waals surface area contributed by atoms with Crippen LogP contribution in [0.25, 0.3) is 22.3 Å². The van der Waals surface area contributed by atoms with Gasteiger partial charge in [0, 0.05) is 11.1 Å². The Balaban J connectivity index is 1.44. The molecule has 7 heteroatoms. The number of carbonyl (C=O) groups excluding carboxylic acids is 1. The van der Waals surface area contributed by atoms with Gasteiger partial charge in [-0.15, -0.1) is 0 Å². The van der Waals surface area contributed by atoms with Crippen LogP contribution >= 0.6 is 0 Å². The molecule has 2 atom stereocenters. The van der Waals surface area contributed by atoms with Crippen molar-refractivity contribution in [2.24, 2.45) is 5.92 Å². The van der Waals surface area contributed by atoms with Gasteiger partial charge >= 0.3 is 5.97 Å². The molecular weight excluding hydrogens is 481 g/mol. The lowest BCUT2D eigenvalue weighted by molar-refractivity contribution is -0.141. The van der Waals surface area contributed by atoms with Crippen molar-refractivity contribution < 1.29 is 19.1 Å². The Morgan fingerprint density at radius 1 is 1.05 bits per heavy atom. The van der Waals surface area contributed by atoms with Crippen LogP contribution in [0.4, 0.5) is 4.39 Å². The van der Waals surface area contributed by atoms with Gasteiger partial charge in [-0.1, -0.05) is 31.2 Å². The van der Waals surface area contributed by atoms with E-state index in [0.717, 1.165) is 24.8 Å². The van der Waals surface area contributed by atoms with E-state index >= 15 is 0 Å². The first-order valence-electron chi connectivity index (χ1n) is 13.1. The summed E-state index contributed by atoms with van der Waals surface area (Å²) in [6.07, 6.45) is 4.59. The predicted octanol–water partition coefficient (Wildman–Crippen LogP) is 6.29. The number of nitrogens with one attached hydrogen (secondary N) is 1. The minimum Gasteiger partial charge on any atom is -0.481 e. The lowest BCUT2D eigenvalue weighted by Gasteiger charge is -2.26. The number of carboxylic acids is 1. The van der Waals surface area contributed by atoms with Crippen molar-refractivity contribution >= 4 is 22.9 Å². The van der Waals surface area contributed by atoms with Crippen molar-refractivity contribution in [2.75, 3.05) is 0 Å². The molecule has 4 aromatic rings. The second kappa shape index (κ2) is 11.1. The number of carbonyl (C=O) groups is 2. The third-order valence-electron chi connectivity index (χ3n) is 7.26. The Bertz CT molecular complexity index is 1490. The zero-order chi connectivity index (χ0) is 26.6. The predicted molar refractivity (Wildman–Crippen MR) is 144 cm³/mol.